The molecule has 0 bridgehead atoms. The zero-order valence-corrected chi connectivity index (χ0v) is 22.6. The first-order valence-electron chi connectivity index (χ1n) is 12.8. The van der Waals surface area contributed by atoms with Crippen LogP contribution in [-0.2, 0) is 22.6 Å². The Morgan fingerprint density at radius 2 is 1.95 bits per heavy atom. The monoisotopic (exact) mass is 536 g/mol. The summed E-state index contributed by atoms with van der Waals surface area (Å²) in [5.74, 6) is 1.50. The Hall–Kier alpha value is -3.17. The number of aliphatic hydroxyl groups excluding tert-OH is 1. The van der Waals surface area contributed by atoms with Crippen molar-refractivity contribution < 1.29 is 24.1 Å². The van der Waals surface area contributed by atoms with E-state index in [-0.39, 0.29) is 25.1 Å². The minimum absolute atomic E-state index is 0.00411. The molecule has 2 atom stereocenters. The van der Waals surface area contributed by atoms with Gasteiger partial charge in [-0.05, 0) is 53.3 Å². The van der Waals surface area contributed by atoms with Gasteiger partial charge in [0.05, 0.1) is 39.0 Å². The third-order valence-corrected chi connectivity index (χ3v) is 7.52. The van der Waals surface area contributed by atoms with Gasteiger partial charge in [-0.15, -0.1) is 17.9 Å². The van der Waals surface area contributed by atoms with E-state index in [1.807, 2.05) is 64.4 Å². The lowest BCUT2D eigenvalue weighted by Crippen LogP contribution is -2.48. The van der Waals surface area contributed by atoms with Crippen LogP contribution in [-0.4, -0.2) is 73.4 Å². The molecule has 0 fully saturated rings. The van der Waals surface area contributed by atoms with Gasteiger partial charge in [-0.1, -0.05) is 36.4 Å². The van der Waals surface area contributed by atoms with Crippen LogP contribution in [0.25, 0.3) is 0 Å². The van der Waals surface area contributed by atoms with Gasteiger partial charge in [-0.25, -0.2) is 0 Å². The second kappa shape index (κ2) is 14.1. The molecule has 0 spiro atoms. The maximum Gasteiger partial charge on any atom is 0.237 e. The Kier molecular flexibility index (Phi) is 10.3. The minimum Gasteiger partial charge on any atom is -0.497 e. The normalized spacial score (nSPS) is 15.7. The van der Waals surface area contributed by atoms with E-state index in [0.717, 1.165) is 29.0 Å². The molecule has 1 N–H and O–H groups in total. The number of carbonyl (C=O) groups is 1. The SMILES string of the molecule is C=CCN(CC(=O)N1CCc2sccc2[C@H]1COc1ccc(OC)cc1)C[C@@H](O)COCc1ccccc1. The number of benzene rings is 2. The van der Waals surface area contributed by atoms with Crippen LogP contribution in [0.1, 0.15) is 22.0 Å². The maximum absolute atomic E-state index is 13.6. The summed E-state index contributed by atoms with van der Waals surface area (Å²) < 4.78 is 17.0. The van der Waals surface area contributed by atoms with Gasteiger partial charge < -0.3 is 24.2 Å². The fourth-order valence-corrected chi connectivity index (χ4v) is 5.56. The Bertz CT molecular complexity index is 1150. The van der Waals surface area contributed by atoms with Crippen LogP contribution in [0.15, 0.2) is 78.7 Å². The number of methoxy groups -OCH3 is 1. The van der Waals surface area contributed by atoms with Crippen molar-refractivity contribution in [3.8, 4) is 11.5 Å². The van der Waals surface area contributed by atoms with Gasteiger partial charge in [0.15, 0.2) is 0 Å². The lowest BCUT2D eigenvalue weighted by Gasteiger charge is -2.37. The van der Waals surface area contributed by atoms with Crippen LogP contribution in [0.5, 0.6) is 11.5 Å². The van der Waals surface area contributed by atoms with Crippen molar-refractivity contribution in [3.05, 3.63) is 94.7 Å². The summed E-state index contributed by atoms with van der Waals surface area (Å²) in [7, 11) is 1.63. The zero-order chi connectivity index (χ0) is 26.7. The highest BCUT2D eigenvalue weighted by atomic mass is 32.1. The second-order valence-electron chi connectivity index (χ2n) is 9.28. The molecular formula is C30H36N2O5S. The molecule has 0 saturated carbocycles. The topological polar surface area (TPSA) is 71.5 Å². The standard InChI is InChI=1S/C30H36N2O5S/c1-3-15-31(18-24(33)21-36-20-23-7-5-4-6-8-23)19-30(34)32-16-13-29-27(14-17-38-29)28(32)22-37-26-11-9-25(35-2)10-12-26/h3-12,14,17,24,28,33H,1,13,15-16,18-22H2,2H3/t24-,28-/m1/s1. The second-order valence-corrected chi connectivity index (χ2v) is 10.3. The predicted octanol–water partition coefficient (Wildman–Crippen LogP) is 4.33. The van der Waals surface area contributed by atoms with E-state index >= 15 is 0 Å². The van der Waals surface area contributed by atoms with Crippen LogP contribution in [0.3, 0.4) is 0 Å². The van der Waals surface area contributed by atoms with E-state index in [2.05, 4.69) is 18.0 Å². The van der Waals surface area contributed by atoms with Crippen molar-refractivity contribution in [2.45, 2.75) is 25.2 Å². The van der Waals surface area contributed by atoms with E-state index in [1.165, 1.54) is 4.88 Å². The van der Waals surface area contributed by atoms with Crippen molar-refractivity contribution >= 4 is 17.2 Å². The highest BCUT2D eigenvalue weighted by Crippen LogP contribution is 2.34. The summed E-state index contributed by atoms with van der Waals surface area (Å²) in [5.41, 5.74) is 2.20. The van der Waals surface area contributed by atoms with E-state index in [0.29, 0.717) is 32.8 Å². The van der Waals surface area contributed by atoms with Crippen molar-refractivity contribution in [1.29, 1.82) is 0 Å². The first kappa shape index (κ1) is 27.9. The van der Waals surface area contributed by atoms with E-state index in [9.17, 15) is 9.90 Å². The van der Waals surface area contributed by atoms with Crippen LogP contribution >= 0.6 is 11.3 Å². The van der Waals surface area contributed by atoms with Crippen LogP contribution < -0.4 is 9.47 Å². The Morgan fingerprint density at radius 1 is 1.18 bits per heavy atom. The fourth-order valence-electron chi connectivity index (χ4n) is 4.63. The highest BCUT2D eigenvalue weighted by molar-refractivity contribution is 7.10. The van der Waals surface area contributed by atoms with Gasteiger partial charge in [0.25, 0.3) is 0 Å². The Labute approximate surface area is 228 Å². The number of ether oxygens (including phenoxy) is 3. The number of nitrogens with zero attached hydrogens (tertiary/aromatic N) is 2. The lowest BCUT2D eigenvalue weighted by molar-refractivity contribution is -0.136. The fraction of sp³-hybridized carbons (Fsp3) is 0.367. The van der Waals surface area contributed by atoms with Crippen LogP contribution in [0.2, 0.25) is 0 Å². The first-order valence-corrected chi connectivity index (χ1v) is 13.7. The zero-order valence-electron chi connectivity index (χ0n) is 21.8. The molecule has 4 rings (SSSR count). The molecule has 0 radical (unpaired) electrons. The third-order valence-electron chi connectivity index (χ3n) is 6.52. The molecule has 0 unspecified atom stereocenters. The van der Waals surface area contributed by atoms with Gasteiger partial charge >= 0.3 is 0 Å². The molecule has 2 aromatic carbocycles. The van der Waals surface area contributed by atoms with Gasteiger partial charge in [0.1, 0.15) is 18.1 Å². The van der Waals surface area contributed by atoms with Crippen molar-refractivity contribution in [2.75, 3.05) is 46.5 Å². The molecule has 1 aliphatic heterocycles. The smallest absolute Gasteiger partial charge is 0.237 e. The molecule has 3 aromatic rings. The Balaban J connectivity index is 1.35. The van der Waals surface area contributed by atoms with Gasteiger partial charge in [0, 0.05) is 24.5 Å². The molecule has 0 saturated heterocycles. The first-order chi connectivity index (χ1) is 18.6. The van der Waals surface area contributed by atoms with Crippen molar-refractivity contribution in [3.63, 3.8) is 0 Å². The van der Waals surface area contributed by atoms with Gasteiger partial charge in [-0.2, -0.15) is 0 Å². The minimum atomic E-state index is -0.717. The molecule has 0 aliphatic carbocycles. The number of thiophene rings is 1. The van der Waals surface area contributed by atoms with Crippen LogP contribution in [0, 0.1) is 0 Å². The summed E-state index contributed by atoms with van der Waals surface area (Å²) in [4.78, 5) is 18.7. The largest absolute Gasteiger partial charge is 0.497 e. The molecule has 1 amide bonds. The lowest BCUT2D eigenvalue weighted by atomic mass is 10.0. The summed E-state index contributed by atoms with van der Waals surface area (Å²) in [6.45, 7) is 6.44. The van der Waals surface area contributed by atoms with Gasteiger partial charge in [0.2, 0.25) is 5.91 Å². The van der Waals surface area contributed by atoms with Crippen molar-refractivity contribution in [1.82, 2.24) is 9.80 Å². The number of aliphatic hydroxyl groups is 1. The highest BCUT2D eigenvalue weighted by Gasteiger charge is 2.33. The molecule has 1 aliphatic rings. The average Bonchev–Trinajstić information content (AvgIpc) is 3.42. The molecule has 8 heteroatoms. The predicted molar refractivity (Wildman–Crippen MR) is 150 cm³/mol. The van der Waals surface area contributed by atoms with Crippen LogP contribution in [0.4, 0.5) is 0 Å². The number of carbonyl (C=O) groups excluding carboxylic acids is 1. The number of rotatable bonds is 14. The van der Waals surface area contributed by atoms with E-state index < -0.39 is 6.10 Å². The molecule has 2 heterocycles. The van der Waals surface area contributed by atoms with E-state index in [1.54, 1.807) is 24.5 Å². The van der Waals surface area contributed by atoms with E-state index in [4.69, 9.17) is 14.2 Å². The number of hydrogen-bond acceptors (Lipinski definition) is 7. The molecule has 1 aromatic heterocycles. The summed E-state index contributed by atoms with van der Waals surface area (Å²) in [5, 5.41) is 12.7. The Morgan fingerprint density at radius 3 is 2.68 bits per heavy atom. The number of hydrogen-bond donors (Lipinski definition) is 1. The molecule has 202 valence electrons. The quantitative estimate of drug-likeness (QED) is 0.310. The summed E-state index contributed by atoms with van der Waals surface area (Å²) in [6.07, 6.45) is 1.86. The van der Waals surface area contributed by atoms with Gasteiger partial charge in [-0.3, -0.25) is 9.69 Å². The maximum atomic E-state index is 13.6. The number of amides is 1. The molecular weight excluding hydrogens is 500 g/mol. The van der Waals surface area contributed by atoms with Crippen molar-refractivity contribution in [2.24, 2.45) is 0 Å². The summed E-state index contributed by atoms with van der Waals surface area (Å²) >= 11 is 1.73. The third kappa shape index (κ3) is 7.68. The molecule has 7 nitrogen and oxygen atoms in total. The summed E-state index contributed by atoms with van der Waals surface area (Å²) in [6, 6.07) is 19.2. The molecule has 38 heavy (non-hydrogen) atoms. The number of fused-ring (bicyclic) bond motifs is 1. The average molecular weight is 537 g/mol.